The van der Waals surface area contributed by atoms with Gasteiger partial charge < -0.3 is 9.80 Å². The molecule has 4 nitrogen and oxygen atoms in total. The van der Waals surface area contributed by atoms with Crippen molar-refractivity contribution in [3.05, 3.63) is 46.7 Å². The van der Waals surface area contributed by atoms with E-state index < -0.39 is 0 Å². The van der Waals surface area contributed by atoms with Crippen LogP contribution in [0.4, 0.5) is 11.6 Å². The number of piperazine rings is 1. The third-order valence-electron chi connectivity index (χ3n) is 3.64. The van der Waals surface area contributed by atoms with Crippen molar-refractivity contribution in [3.8, 4) is 0 Å². The quantitative estimate of drug-likeness (QED) is 0.779. The maximum Gasteiger partial charge on any atom is 0.225 e. The largest absolute Gasteiger partial charge is 0.368 e. The summed E-state index contributed by atoms with van der Waals surface area (Å²) in [4.78, 5) is 13.2. The van der Waals surface area contributed by atoms with E-state index in [1.165, 1.54) is 5.69 Å². The van der Waals surface area contributed by atoms with E-state index in [4.69, 9.17) is 11.6 Å². The lowest BCUT2D eigenvalue weighted by Gasteiger charge is -2.36. The molecule has 2 aromatic rings. The van der Waals surface area contributed by atoms with Crippen molar-refractivity contribution in [2.75, 3.05) is 36.0 Å². The van der Waals surface area contributed by atoms with Gasteiger partial charge in [-0.25, -0.2) is 9.97 Å². The topological polar surface area (TPSA) is 32.3 Å². The zero-order valence-electron chi connectivity index (χ0n) is 11.5. The summed E-state index contributed by atoms with van der Waals surface area (Å²) in [7, 11) is 0. The molecule has 1 aliphatic heterocycles. The summed E-state index contributed by atoms with van der Waals surface area (Å²) in [5.41, 5.74) is 2.39. The van der Waals surface area contributed by atoms with Gasteiger partial charge in [0, 0.05) is 54.6 Å². The first-order valence-corrected chi connectivity index (χ1v) is 8.22. The van der Waals surface area contributed by atoms with Crippen LogP contribution in [0.3, 0.4) is 0 Å². The van der Waals surface area contributed by atoms with Crippen LogP contribution in [0, 0.1) is 0 Å². The Morgan fingerprint density at radius 1 is 1.05 bits per heavy atom. The Bertz CT molecular complexity index is 600. The van der Waals surface area contributed by atoms with Gasteiger partial charge in [-0.05, 0) is 29.8 Å². The molecule has 0 N–H and O–H groups in total. The molecular weight excluding hydrogens is 352 g/mol. The van der Waals surface area contributed by atoms with Crippen LogP contribution in [-0.4, -0.2) is 36.1 Å². The van der Waals surface area contributed by atoms with Crippen molar-refractivity contribution in [3.63, 3.8) is 0 Å². The summed E-state index contributed by atoms with van der Waals surface area (Å²) in [6, 6.07) is 8.14. The fourth-order valence-electron chi connectivity index (χ4n) is 2.57. The van der Waals surface area contributed by atoms with Gasteiger partial charge in [-0.3, -0.25) is 0 Å². The van der Waals surface area contributed by atoms with Gasteiger partial charge in [0.15, 0.2) is 0 Å². The van der Waals surface area contributed by atoms with Crippen LogP contribution >= 0.6 is 27.5 Å². The second-order valence-corrected chi connectivity index (χ2v) is 6.11. The molecule has 1 saturated heterocycles. The fourth-order valence-corrected chi connectivity index (χ4v) is 3.19. The lowest BCUT2D eigenvalue weighted by molar-refractivity contribution is 0.639. The fraction of sp³-hybridized carbons (Fsp3) is 0.333. The minimum Gasteiger partial charge on any atom is -0.368 e. The van der Waals surface area contributed by atoms with Crippen molar-refractivity contribution >= 4 is 39.2 Å². The molecule has 1 aromatic carbocycles. The number of hydrogen-bond acceptors (Lipinski definition) is 4. The Balaban J connectivity index is 1.71. The Hall–Kier alpha value is -1.33. The molecule has 0 spiro atoms. The Morgan fingerprint density at radius 3 is 2.38 bits per heavy atom. The number of rotatable bonds is 3. The number of anilines is 2. The molecule has 0 bridgehead atoms. The molecule has 0 unspecified atom stereocenters. The van der Waals surface area contributed by atoms with Crippen LogP contribution in [0.1, 0.15) is 5.56 Å². The summed E-state index contributed by atoms with van der Waals surface area (Å²) < 4.78 is 1.07. The second-order valence-electron chi connectivity index (χ2n) is 4.93. The van der Waals surface area contributed by atoms with E-state index in [0.29, 0.717) is 5.88 Å². The normalized spacial score (nSPS) is 15.3. The van der Waals surface area contributed by atoms with Crippen LogP contribution in [0.5, 0.6) is 0 Å². The second kappa shape index (κ2) is 6.62. The molecule has 110 valence electrons. The third-order valence-corrected chi connectivity index (χ3v) is 4.42. The van der Waals surface area contributed by atoms with E-state index in [-0.39, 0.29) is 0 Å². The Kier molecular flexibility index (Phi) is 4.60. The van der Waals surface area contributed by atoms with Crippen molar-refractivity contribution in [1.82, 2.24) is 9.97 Å². The molecule has 0 aliphatic carbocycles. The van der Waals surface area contributed by atoms with Crippen molar-refractivity contribution in [2.24, 2.45) is 0 Å². The maximum atomic E-state index is 6.07. The van der Waals surface area contributed by atoms with Crippen LogP contribution in [0.25, 0.3) is 0 Å². The predicted octanol–water partition coefficient (Wildman–Crippen LogP) is 3.30. The van der Waals surface area contributed by atoms with Gasteiger partial charge in [0.2, 0.25) is 5.95 Å². The summed E-state index contributed by atoms with van der Waals surface area (Å²) >= 11 is 9.57. The van der Waals surface area contributed by atoms with E-state index in [0.717, 1.165) is 42.2 Å². The van der Waals surface area contributed by atoms with E-state index in [2.05, 4.69) is 53.9 Å². The van der Waals surface area contributed by atoms with Crippen molar-refractivity contribution in [2.45, 2.75) is 5.88 Å². The first-order chi connectivity index (χ1) is 10.3. The van der Waals surface area contributed by atoms with Gasteiger partial charge in [-0.2, -0.15) is 0 Å². The minimum absolute atomic E-state index is 0.525. The van der Waals surface area contributed by atoms with Crippen LogP contribution in [0.2, 0.25) is 0 Å². The van der Waals surface area contributed by atoms with Crippen molar-refractivity contribution in [1.29, 1.82) is 0 Å². The van der Waals surface area contributed by atoms with Crippen molar-refractivity contribution < 1.29 is 0 Å². The van der Waals surface area contributed by atoms with Gasteiger partial charge in [0.05, 0.1) is 0 Å². The smallest absolute Gasteiger partial charge is 0.225 e. The summed E-state index contributed by atoms with van der Waals surface area (Å²) in [6.45, 7) is 3.73. The highest BCUT2D eigenvalue weighted by Gasteiger charge is 2.20. The molecule has 3 rings (SSSR count). The van der Waals surface area contributed by atoms with Crippen LogP contribution in [0.15, 0.2) is 41.1 Å². The highest BCUT2D eigenvalue weighted by atomic mass is 79.9. The highest BCUT2D eigenvalue weighted by molar-refractivity contribution is 9.10. The standard InChI is InChI=1S/C15H16BrClN4/c16-13-2-3-14(12(10-13)11-17)20-6-8-21(9-7-20)15-18-4-1-5-19-15/h1-5,10H,6-9,11H2. The number of hydrogen-bond donors (Lipinski definition) is 0. The third kappa shape index (κ3) is 3.30. The molecule has 1 aliphatic rings. The minimum atomic E-state index is 0.525. The number of benzene rings is 1. The molecular formula is C15H16BrClN4. The van der Waals surface area contributed by atoms with Crippen LogP contribution < -0.4 is 9.80 Å². The lowest BCUT2D eigenvalue weighted by Crippen LogP contribution is -2.47. The first kappa shape index (κ1) is 14.6. The molecule has 1 fully saturated rings. The zero-order valence-corrected chi connectivity index (χ0v) is 13.9. The SMILES string of the molecule is ClCc1cc(Br)ccc1N1CCN(c2ncccn2)CC1. The molecule has 0 amide bonds. The molecule has 0 saturated carbocycles. The molecule has 0 radical (unpaired) electrons. The van der Waals surface area contributed by atoms with E-state index >= 15 is 0 Å². The highest BCUT2D eigenvalue weighted by Crippen LogP contribution is 2.27. The number of aromatic nitrogens is 2. The summed E-state index contributed by atoms with van der Waals surface area (Å²) in [5, 5.41) is 0. The number of alkyl halides is 1. The lowest BCUT2D eigenvalue weighted by atomic mass is 10.1. The number of halogens is 2. The molecule has 21 heavy (non-hydrogen) atoms. The monoisotopic (exact) mass is 366 g/mol. The van der Waals surface area contributed by atoms with E-state index in [1.54, 1.807) is 12.4 Å². The predicted molar refractivity (Wildman–Crippen MR) is 90.2 cm³/mol. The molecule has 0 atom stereocenters. The van der Waals surface area contributed by atoms with Gasteiger partial charge in [0.25, 0.3) is 0 Å². The van der Waals surface area contributed by atoms with Gasteiger partial charge >= 0.3 is 0 Å². The zero-order chi connectivity index (χ0) is 14.7. The van der Waals surface area contributed by atoms with Crippen LogP contribution in [-0.2, 0) is 5.88 Å². The average molecular weight is 368 g/mol. The van der Waals surface area contributed by atoms with Gasteiger partial charge in [-0.1, -0.05) is 15.9 Å². The number of nitrogens with zero attached hydrogens (tertiary/aromatic N) is 4. The van der Waals surface area contributed by atoms with E-state index in [1.807, 2.05) is 6.07 Å². The van der Waals surface area contributed by atoms with Gasteiger partial charge in [-0.15, -0.1) is 11.6 Å². The summed E-state index contributed by atoms with van der Waals surface area (Å²) in [5.74, 6) is 1.34. The molecule has 6 heteroatoms. The summed E-state index contributed by atoms with van der Waals surface area (Å²) in [6.07, 6.45) is 3.57. The average Bonchev–Trinajstić information content (AvgIpc) is 2.56. The molecule has 2 heterocycles. The first-order valence-electron chi connectivity index (χ1n) is 6.89. The molecule has 1 aromatic heterocycles. The Morgan fingerprint density at radius 2 is 1.71 bits per heavy atom. The van der Waals surface area contributed by atoms with Gasteiger partial charge in [0.1, 0.15) is 0 Å². The van der Waals surface area contributed by atoms with E-state index in [9.17, 15) is 0 Å². The maximum absolute atomic E-state index is 6.07. The Labute approximate surface area is 137 Å².